The molecule has 1 amide bonds. The second-order valence-corrected chi connectivity index (χ2v) is 5.20. The number of allylic oxidation sites excluding steroid dienone is 1. The van der Waals surface area contributed by atoms with Gasteiger partial charge in [-0.05, 0) is 52.0 Å². The number of amides is 1. The highest BCUT2D eigenvalue weighted by molar-refractivity contribution is 5.81. The summed E-state index contributed by atoms with van der Waals surface area (Å²) < 4.78 is 0. The molecule has 0 fully saturated rings. The van der Waals surface area contributed by atoms with Gasteiger partial charge in [0.1, 0.15) is 0 Å². The first-order chi connectivity index (χ1) is 8.67. The van der Waals surface area contributed by atoms with Crippen LogP contribution in [0.4, 0.5) is 0 Å². The predicted octanol–water partition coefficient (Wildman–Crippen LogP) is 2.77. The standard InChI is InChI=1S/C15H28N2O/c1-4-14(5-2)17-15(18)12(3)16-11-10-13-8-6-7-9-13/h8,12,14,16H,4-7,9-11H2,1-3H3,(H,17,18). The fourth-order valence-corrected chi connectivity index (χ4v) is 2.33. The normalized spacial score (nSPS) is 16.8. The first-order valence-electron chi connectivity index (χ1n) is 7.39. The van der Waals surface area contributed by atoms with E-state index in [0.717, 1.165) is 25.8 Å². The maximum Gasteiger partial charge on any atom is 0.237 e. The van der Waals surface area contributed by atoms with Crippen molar-refractivity contribution in [3.05, 3.63) is 11.6 Å². The summed E-state index contributed by atoms with van der Waals surface area (Å²) in [5.41, 5.74) is 1.55. The number of rotatable bonds is 8. The zero-order chi connectivity index (χ0) is 13.4. The van der Waals surface area contributed by atoms with Crippen LogP contribution in [0.2, 0.25) is 0 Å². The summed E-state index contributed by atoms with van der Waals surface area (Å²) in [6, 6.07) is 0.229. The van der Waals surface area contributed by atoms with E-state index in [0.29, 0.717) is 6.04 Å². The second-order valence-electron chi connectivity index (χ2n) is 5.20. The molecule has 104 valence electrons. The summed E-state index contributed by atoms with van der Waals surface area (Å²) >= 11 is 0. The van der Waals surface area contributed by atoms with Gasteiger partial charge in [0.15, 0.2) is 0 Å². The molecule has 18 heavy (non-hydrogen) atoms. The van der Waals surface area contributed by atoms with Gasteiger partial charge in [-0.2, -0.15) is 0 Å². The molecule has 0 aromatic rings. The fraction of sp³-hybridized carbons (Fsp3) is 0.800. The molecule has 0 spiro atoms. The van der Waals surface area contributed by atoms with Crippen molar-refractivity contribution in [3.63, 3.8) is 0 Å². The summed E-state index contributed by atoms with van der Waals surface area (Å²) in [5, 5.41) is 6.39. The Kier molecular flexibility index (Phi) is 7.02. The average Bonchev–Trinajstić information content (AvgIpc) is 2.88. The van der Waals surface area contributed by atoms with E-state index in [1.165, 1.54) is 19.3 Å². The van der Waals surface area contributed by atoms with Crippen molar-refractivity contribution in [3.8, 4) is 0 Å². The van der Waals surface area contributed by atoms with Crippen molar-refractivity contribution >= 4 is 5.91 Å². The molecule has 1 aliphatic rings. The Morgan fingerprint density at radius 2 is 2.11 bits per heavy atom. The lowest BCUT2D eigenvalue weighted by Gasteiger charge is -2.19. The topological polar surface area (TPSA) is 41.1 Å². The zero-order valence-corrected chi connectivity index (χ0v) is 12.1. The van der Waals surface area contributed by atoms with E-state index in [1.807, 2.05) is 6.92 Å². The molecular weight excluding hydrogens is 224 g/mol. The Hall–Kier alpha value is -0.830. The van der Waals surface area contributed by atoms with Gasteiger partial charge in [0.2, 0.25) is 5.91 Å². The summed E-state index contributed by atoms with van der Waals surface area (Å²) in [4.78, 5) is 11.9. The van der Waals surface area contributed by atoms with Crippen molar-refractivity contribution in [1.82, 2.24) is 10.6 Å². The van der Waals surface area contributed by atoms with Gasteiger partial charge < -0.3 is 10.6 Å². The van der Waals surface area contributed by atoms with E-state index in [1.54, 1.807) is 5.57 Å². The molecule has 3 heteroatoms. The van der Waals surface area contributed by atoms with Crippen LogP contribution in [0.3, 0.4) is 0 Å². The summed E-state index contributed by atoms with van der Waals surface area (Å²) in [6.45, 7) is 7.07. The minimum absolute atomic E-state index is 0.0902. The number of carbonyl (C=O) groups is 1. The first-order valence-corrected chi connectivity index (χ1v) is 7.39. The van der Waals surface area contributed by atoms with Gasteiger partial charge in [0.25, 0.3) is 0 Å². The van der Waals surface area contributed by atoms with Gasteiger partial charge in [-0.3, -0.25) is 4.79 Å². The highest BCUT2D eigenvalue weighted by atomic mass is 16.2. The molecule has 0 radical (unpaired) electrons. The third kappa shape index (κ3) is 5.21. The van der Waals surface area contributed by atoms with Crippen LogP contribution in [0, 0.1) is 0 Å². The van der Waals surface area contributed by atoms with Crippen LogP contribution in [0.5, 0.6) is 0 Å². The quantitative estimate of drug-likeness (QED) is 0.652. The molecular formula is C15H28N2O. The molecule has 1 rings (SSSR count). The summed E-state index contributed by atoms with van der Waals surface area (Å²) in [7, 11) is 0. The Bertz CT molecular complexity index is 282. The van der Waals surface area contributed by atoms with Gasteiger partial charge >= 0.3 is 0 Å². The minimum atomic E-state index is -0.0902. The molecule has 0 aliphatic heterocycles. The van der Waals surface area contributed by atoms with E-state index in [-0.39, 0.29) is 11.9 Å². The van der Waals surface area contributed by atoms with Crippen LogP contribution in [0.15, 0.2) is 11.6 Å². The molecule has 1 atom stereocenters. The SMILES string of the molecule is CCC(CC)NC(=O)C(C)NCCC1=CCCC1. The van der Waals surface area contributed by atoms with Gasteiger partial charge in [-0.15, -0.1) is 0 Å². The Labute approximate surface area is 111 Å². The van der Waals surface area contributed by atoms with Crippen LogP contribution in [-0.2, 0) is 4.79 Å². The van der Waals surface area contributed by atoms with Gasteiger partial charge in [-0.25, -0.2) is 0 Å². The Morgan fingerprint density at radius 3 is 2.67 bits per heavy atom. The molecule has 0 heterocycles. The Balaban J connectivity index is 2.18. The van der Waals surface area contributed by atoms with Gasteiger partial charge in [-0.1, -0.05) is 25.5 Å². The van der Waals surface area contributed by atoms with Crippen LogP contribution in [0.1, 0.15) is 59.3 Å². The largest absolute Gasteiger partial charge is 0.352 e. The summed E-state index contributed by atoms with van der Waals surface area (Å²) in [5.74, 6) is 0.129. The lowest BCUT2D eigenvalue weighted by Crippen LogP contribution is -2.46. The lowest BCUT2D eigenvalue weighted by atomic mass is 10.1. The molecule has 0 bridgehead atoms. The monoisotopic (exact) mass is 252 g/mol. The Morgan fingerprint density at radius 1 is 1.39 bits per heavy atom. The van der Waals surface area contributed by atoms with Crippen LogP contribution >= 0.6 is 0 Å². The highest BCUT2D eigenvalue weighted by Crippen LogP contribution is 2.19. The number of nitrogens with one attached hydrogen (secondary N) is 2. The molecule has 1 aliphatic carbocycles. The molecule has 3 nitrogen and oxygen atoms in total. The predicted molar refractivity (Wildman–Crippen MR) is 76.5 cm³/mol. The first kappa shape index (κ1) is 15.2. The number of carbonyl (C=O) groups excluding carboxylic acids is 1. The van der Waals surface area contributed by atoms with E-state index >= 15 is 0 Å². The van der Waals surface area contributed by atoms with Crippen LogP contribution < -0.4 is 10.6 Å². The van der Waals surface area contributed by atoms with Crippen LogP contribution in [0.25, 0.3) is 0 Å². The molecule has 0 saturated carbocycles. The van der Waals surface area contributed by atoms with Gasteiger partial charge in [0, 0.05) is 6.04 Å². The van der Waals surface area contributed by atoms with Crippen molar-refractivity contribution in [1.29, 1.82) is 0 Å². The highest BCUT2D eigenvalue weighted by Gasteiger charge is 2.15. The molecule has 2 N–H and O–H groups in total. The average molecular weight is 252 g/mol. The van der Waals surface area contributed by atoms with Gasteiger partial charge in [0.05, 0.1) is 6.04 Å². The van der Waals surface area contributed by atoms with E-state index in [9.17, 15) is 4.79 Å². The van der Waals surface area contributed by atoms with Crippen molar-refractivity contribution < 1.29 is 4.79 Å². The van der Waals surface area contributed by atoms with Crippen molar-refractivity contribution in [2.24, 2.45) is 0 Å². The third-order valence-corrected chi connectivity index (χ3v) is 3.76. The van der Waals surface area contributed by atoms with E-state index in [2.05, 4.69) is 30.6 Å². The maximum absolute atomic E-state index is 11.9. The minimum Gasteiger partial charge on any atom is -0.352 e. The van der Waals surface area contributed by atoms with Crippen molar-refractivity contribution in [2.45, 2.75) is 71.4 Å². The molecule has 1 unspecified atom stereocenters. The van der Waals surface area contributed by atoms with E-state index in [4.69, 9.17) is 0 Å². The molecule has 0 aromatic carbocycles. The summed E-state index contributed by atoms with van der Waals surface area (Å²) in [6.07, 6.45) is 9.22. The fourth-order valence-electron chi connectivity index (χ4n) is 2.33. The molecule has 0 aromatic heterocycles. The third-order valence-electron chi connectivity index (χ3n) is 3.76. The van der Waals surface area contributed by atoms with Crippen LogP contribution in [-0.4, -0.2) is 24.5 Å². The van der Waals surface area contributed by atoms with E-state index < -0.39 is 0 Å². The van der Waals surface area contributed by atoms with Crippen molar-refractivity contribution in [2.75, 3.05) is 6.54 Å². The number of hydrogen-bond donors (Lipinski definition) is 2. The second kappa shape index (κ2) is 8.30. The zero-order valence-electron chi connectivity index (χ0n) is 12.1. The lowest BCUT2D eigenvalue weighted by molar-refractivity contribution is -0.123. The number of hydrogen-bond acceptors (Lipinski definition) is 2. The molecule has 0 saturated heterocycles. The smallest absolute Gasteiger partial charge is 0.237 e. The maximum atomic E-state index is 11.9.